The lowest BCUT2D eigenvalue weighted by Crippen LogP contribution is -2.00. The molecule has 0 bridgehead atoms. The van der Waals surface area contributed by atoms with Crippen molar-refractivity contribution in [2.24, 2.45) is 0 Å². The maximum absolute atomic E-state index is 12.9. The van der Waals surface area contributed by atoms with Gasteiger partial charge in [-0.1, -0.05) is 18.2 Å². The van der Waals surface area contributed by atoms with Crippen LogP contribution in [0.4, 0.5) is 10.1 Å². The van der Waals surface area contributed by atoms with Crippen molar-refractivity contribution in [2.75, 3.05) is 5.73 Å². The Balaban J connectivity index is 1.72. The summed E-state index contributed by atoms with van der Waals surface area (Å²) in [6.45, 7) is 0.461. The zero-order valence-electron chi connectivity index (χ0n) is 10.7. The number of nitrogen functional groups attached to an aromatic ring is 1. The van der Waals surface area contributed by atoms with Crippen LogP contribution >= 0.6 is 0 Å². The molecule has 19 heavy (non-hydrogen) atoms. The fourth-order valence-corrected chi connectivity index (χ4v) is 2.53. The number of halogens is 1. The molecule has 0 radical (unpaired) electrons. The Kier molecular flexibility index (Phi) is 3.11. The summed E-state index contributed by atoms with van der Waals surface area (Å²) in [4.78, 5) is 0. The molecular formula is C16H16FNO. The van der Waals surface area contributed by atoms with Crippen LogP contribution in [0.3, 0.4) is 0 Å². The number of hydrogen-bond donors (Lipinski definition) is 1. The number of rotatable bonds is 3. The third-order valence-corrected chi connectivity index (χ3v) is 3.53. The van der Waals surface area contributed by atoms with Gasteiger partial charge in [-0.15, -0.1) is 0 Å². The number of benzene rings is 2. The van der Waals surface area contributed by atoms with Gasteiger partial charge in [0, 0.05) is 6.07 Å². The topological polar surface area (TPSA) is 35.2 Å². The molecule has 0 saturated heterocycles. The van der Waals surface area contributed by atoms with E-state index in [1.54, 1.807) is 6.07 Å². The zero-order valence-corrected chi connectivity index (χ0v) is 10.7. The molecule has 0 aromatic heterocycles. The van der Waals surface area contributed by atoms with Crippen LogP contribution < -0.4 is 10.5 Å². The van der Waals surface area contributed by atoms with Gasteiger partial charge in [-0.3, -0.25) is 0 Å². The molecule has 0 fully saturated rings. The number of fused-ring (bicyclic) bond motifs is 1. The van der Waals surface area contributed by atoms with Gasteiger partial charge in [-0.25, -0.2) is 4.39 Å². The van der Waals surface area contributed by atoms with Gasteiger partial charge in [0.05, 0.1) is 5.69 Å². The average Bonchev–Trinajstić information content (AvgIpc) is 2.85. The first kappa shape index (κ1) is 12.0. The van der Waals surface area contributed by atoms with Crippen molar-refractivity contribution in [3.8, 4) is 5.75 Å². The van der Waals surface area contributed by atoms with Gasteiger partial charge in [0.25, 0.3) is 0 Å². The van der Waals surface area contributed by atoms with Crippen LogP contribution in [-0.2, 0) is 19.4 Å². The molecule has 1 aliphatic carbocycles. The molecule has 0 spiro atoms. The molecule has 2 N–H and O–H groups in total. The van der Waals surface area contributed by atoms with Gasteiger partial charge in [-0.2, -0.15) is 0 Å². The summed E-state index contributed by atoms with van der Waals surface area (Å²) >= 11 is 0. The summed E-state index contributed by atoms with van der Waals surface area (Å²) < 4.78 is 18.6. The minimum Gasteiger partial charge on any atom is -0.487 e. The summed E-state index contributed by atoms with van der Waals surface area (Å²) in [5.74, 6) is 0.185. The molecule has 2 nitrogen and oxygen atoms in total. The van der Waals surface area contributed by atoms with Crippen molar-refractivity contribution >= 4 is 5.69 Å². The molecule has 1 aliphatic rings. The molecule has 3 rings (SSSR count). The fourth-order valence-electron chi connectivity index (χ4n) is 2.53. The minimum atomic E-state index is -0.345. The highest BCUT2D eigenvalue weighted by Crippen LogP contribution is 2.25. The molecule has 3 heteroatoms. The molecule has 0 aliphatic heterocycles. The molecule has 0 atom stereocenters. The van der Waals surface area contributed by atoms with Crippen molar-refractivity contribution in [3.63, 3.8) is 0 Å². The normalized spacial score (nSPS) is 13.3. The van der Waals surface area contributed by atoms with E-state index in [1.807, 2.05) is 0 Å². The maximum atomic E-state index is 12.9. The second kappa shape index (κ2) is 4.92. The largest absolute Gasteiger partial charge is 0.487 e. The molecule has 98 valence electrons. The first-order valence-corrected chi connectivity index (χ1v) is 6.51. The first-order valence-electron chi connectivity index (χ1n) is 6.51. The van der Waals surface area contributed by atoms with E-state index in [4.69, 9.17) is 10.5 Å². The smallest absolute Gasteiger partial charge is 0.142 e. The Morgan fingerprint density at radius 3 is 2.74 bits per heavy atom. The quantitative estimate of drug-likeness (QED) is 0.854. The Hall–Kier alpha value is -2.03. The summed E-state index contributed by atoms with van der Waals surface area (Å²) in [5, 5.41) is 0. The Bertz CT molecular complexity index is 610. The van der Waals surface area contributed by atoms with Crippen molar-refractivity contribution in [3.05, 3.63) is 58.9 Å². The number of hydrogen-bond acceptors (Lipinski definition) is 2. The third kappa shape index (κ3) is 2.55. The highest BCUT2D eigenvalue weighted by Gasteiger charge is 2.11. The van der Waals surface area contributed by atoms with Crippen molar-refractivity contribution in [1.29, 1.82) is 0 Å². The molecule has 2 aromatic carbocycles. The molecule has 2 aromatic rings. The number of anilines is 1. The maximum Gasteiger partial charge on any atom is 0.142 e. The van der Waals surface area contributed by atoms with E-state index < -0.39 is 0 Å². The number of aryl methyl sites for hydroxylation is 2. The van der Waals surface area contributed by atoms with E-state index in [9.17, 15) is 4.39 Å². The lowest BCUT2D eigenvalue weighted by Gasteiger charge is -2.10. The van der Waals surface area contributed by atoms with Gasteiger partial charge < -0.3 is 10.5 Å². The van der Waals surface area contributed by atoms with E-state index in [1.165, 1.54) is 36.1 Å². The van der Waals surface area contributed by atoms with Gasteiger partial charge in [-0.05, 0) is 48.1 Å². The van der Waals surface area contributed by atoms with Crippen LogP contribution in [0.15, 0.2) is 36.4 Å². The lowest BCUT2D eigenvalue weighted by molar-refractivity contribution is 0.307. The summed E-state index contributed by atoms with van der Waals surface area (Å²) in [5.41, 5.74) is 10.0. The predicted octanol–water partition coefficient (Wildman–Crippen LogP) is 3.48. The van der Waals surface area contributed by atoms with E-state index in [0.717, 1.165) is 12.0 Å². The van der Waals surface area contributed by atoms with Crippen LogP contribution in [0.5, 0.6) is 5.75 Å². The number of nitrogens with two attached hydrogens (primary N) is 1. The van der Waals surface area contributed by atoms with Gasteiger partial charge >= 0.3 is 0 Å². The minimum absolute atomic E-state index is 0.334. The van der Waals surface area contributed by atoms with Crippen molar-refractivity contribution < 1.29 is 9.13 Å². The van der Waals surface area contributed by atoms with E-state index in [0.29, 0.717) is 18.0 Å². The second-order valence-corrected chi connectivity index (χ2v) is 4.93. The van der Waals surface area contributed by atoms with E-state index in [2.05, 4.69) is 18.2 Å². The highest BCUT2D eigenvalue weighted by molar-refractivity contribution is 5.52. The highest BCUT2D eigenvalue weighted by atomic mass is 19.1. The van der Waals surface area contributed by atoms with Crippen LogP contribution in [0.2, 0.25) is 0 Å². The number of ether oxygens (including phenoxy) is 1. The zero-order chi connectivity index (χ0) is 13.2. The first-order chi connectivity index (χ1) is 9.22. The lowest BCUT2D eigenvalue weighted by atomic mass is 10.1. The van der Waals surface area contributed by atoms with Crippen LogP contribution in [0.25, 0.3) is 0 Å². The Morgan fingerprint density at radius 1 is 1.05 bits per heavy atom. The molecule has 0 heterocycles. The summed E-state index contributed by atoms with van der Waals surface area (Å²) in [6.07, 6.45) is 3.58. The summed E-state index contributed by atoms with van der Waals surface area (Å²) in [7, 11) is 0. The Morgan fingerprint density at radius 2 is 1.89 bits per heavy atom. The second-order valence-electron chi connectivity index (χ2n) is 4.93. The Labute approximate surface area is 112 Å². The van der Waals surface area contributed by atoms with E-state index >= 15 is 0 Å². The van der Waals surface area contributed by atoms with Crippen LogP contribution in [-0.4, -0.2) is 0 Å². The molecule has 0 unspecified atom stereocenters. The molecule has 0 saturated carbocycles. The van der Waals surface area contributed by atoms with Crippen LogP contribution in [0.1, 0.15) is 23.1 Å². The third-order valence-electron chi connectivity index (χ3n) is 3.53. The fraction of sp³-hybridized carbons (Fsp3) is 0.250. The summed E-state index contributed by atoms with van der Waals surface area (Å²) in [6, 6.07) is 10.7. The van der Waals surface area contributed by atoms with Gasteiger partial charge in [0.1, 0.15) is 18.2 Å². The monoisotopic (exact) mass is 257 g/mol. The van der Waals surface area contributed by atoms with Crippen molar-refractivity contribution in [1.82, 2.24) is 0 Å². The van der Waals surface area contributed by atoms with Crippen molar-refractivity contribution in [2.45, 2.75) is 25.9 Å². The van der Waals surface area contributed by atoms with Gasteiger partial charge in [0.15, 0.2) is 0 Å². The standard InChI is InChI=1S/C16H16FNO/c17-14-6-7-16(15(18)9-14)19-10-11-4-5-12-2-1-3-13(12)8-11/h4-9H,1-3,10,18H2. The van der Waals surface area contributed by atoms with E-state index in [-0.39, 0.29) is 5.82 Å². The SMILES string of the molecule is Nc1cc(F)ccc1OCc1ccc2c(c1)CCC2. The molecule has 0 amide bonds. The predicted molar refractivity (Wildman–Crippen MR) is 73.6 cm³/mol. The average molecular weight is 257 g/mol. The van der Waals surface area contributed by atoms with Gasteiger partial charge in [0.2, 0.25) is 0 Å². The van der Waals surface area contributed by atoms with Crippen LogP contribution in [0, 0.1) is 5.82 Å². The molecular weight excluding hydrogens is 241 g/mol.